The molecule has 1 aliphatic heterocycles. The Kier molecular flexibility index (Phi) is 4.32. The van der Waals surface area contributed by atoms with E-state index in [4.69, 9.17) is 9.47 Å². The summed E-state index contributed by atoms with van der Waals surface area (Å²) >= 11 is 0. The molecule has 2 aromatic carbocycles. The first kappa shape index (κ1) is 17.1. The van der Waals surface area contributed by atoms with Crippen molar-refractivity contribution in [3.63, 3.8) is 0 Å². The van der Waals surface area contributed by atoms with Crippen molar-refractivity contribution < 1.29 is 14.3 Å². The minimum atomic E-state index is -0.178. The van der Waals surface area contributed by atoms with E-state index in [1.165, 1.54) is 6.92 Å². The van der Waals surface area contributed by atoms with Gasteiger partial charge >= 0.3 is 0 Å². The van der Waals surface area contributed by atoms with E-state index in [0.717, 1.165) is 22.0 Å². The van der Waals surface area contributed by atoms with Gasteiger partial charge in [0.05, 0.1) is 6.54 Å². The third kappa shape index (κ3) is 3.51. The van der Waals surface area contributed by atoms with E-state index in [1.807, 2.05) is 49.4 Å². The first-order valence-corrected chi connectivity index (χ1v) is 8.76. The molecular weight excluding hydrogens is 344 g/mol. The van der Waals surface area contributed by atoms with Crippen LogP contribution in [0.1, 0.15) is 23.6 Å². The third-order valence-electron chi connectivity index (χ3n) is 4.69. The molecule has 1 amide bonds. The number of carbonyl (C=O) groups excluding carboxylic acids is 1. The molecule has 0 saturated carbocycles. The van der Waals surface area contributed by atoms with E-state index in [9.17, 15) is 9.59 Å². The number of nitrogens with one attached hydrogen (secondary N) is 1. The zero-order valence-corrected chi connectivity index (χ0v) is 15.2. The van der Waals surface area contributed by atoms with Crippen LogP contribution in [0, 0.1) is 6.92 Å². The Morgan fingerprint density at radius 3 is 2.70 bits per heavy atom. The smallest absolute Gasteiger partial charge is 0.253 e. The number of aryl methyl sites for hydroxylation is 1. The number of nitrogens with zero attached hydrogens (tertiary/aromatic N) is 1. The summed E-state index contributed by atoms with van der Waals surface area (Å²) in [5.74, 6) is 1.28. The van der Waals surface area contributed by atoms with Gasteiger partial charge in [0.1, 0.15) is 0 Å². The molecule has 0 aliphatic carbocycles. The second kappa shape index (κ2) is 6.79. The summed E-state index contributed by atoms with van der Waals surface area (Å²) in [6, 6.07) is 13.3. The fourth-order valence-corrected chi connectivity index (χ4v) is 3.23. The molecule has 2 heterocycles. The van der Waals surface area contributed by atoms with Gasteiger partial charge < -0.3 is 19.4 Å². The number of benzene rings is 2. The Labute approximate surface area is 156 Å². The van der Waals surface area contributed by atoms with E-state index >= 15 is 0 Å². The second-order valence-corrected chi connectivity index (χ2v) is 6.78. The molecule has 6 heteroatoms. The monoisotopic (exact) mass is 364 g/mol. The van der Waals surface area contributed by atoms with E-state index < -0.39 is 0 Å². The molecule has 1 aromatic heterocycles. The lowest BCUT2D eigenvalue weighted by atomic mass is 10.1. The van der Waals surface area contributed by atoms with Crippen molar-refractivity contribution in [1.29, 1.82) is 0 Å². The number of pyridine rings is 1. The van der Waals surface area contributed by atoms with Crippen LogP contribution in [-0.4, -0.2) is 22.6 Å². The maximum atomic E-state index is 12.5. The highest BCUT2D eigenvalue weighted by Crippen LogP contribution is 2.32. The molecule has 0 atom stereocenters. The molecule has 1 N–H and O–H groups in total. The number of rotatable bonds is 4. The number of aromatic nitrogens is 1. The number of aromatic amines is 1. The second-order valence-electron chi connectivity index (χ2n) is 6.78. The molecule has 0 unspecified atom stereocenters. The summed E-state index contributed by atoms with van der Waals surface area (Å²) in [4.78, 5) is 29.2. The standard InChI is InChI=1S/C21H20N2O4/c1-13-3-5-18-16(7-13)9-17(21(25)22-18)11-23(14(2)24)10-15-4-6-19-20(8-15)27-12-26-19/h3-9H,10-12H2,1-2H3,(H,22,25). The minimum Gasteiger partial charge on any atom is -0.454 e. The lowest BCUT2D eigenvalue weighted by Crippen LogP contribution is -2.30. The fourth-order valence-electron chi connectivity index (χ4n) is 3.23. The lowest BCUT2D eigenvalue weighted by Gasteiger charge is -2.21. The molecule has 0 fully saturated rings. The van der Waals surface area contributed by atoms with Crippen LogP contribution in [0.4, 0.5) is 0 Å². The first-order valence-electron chi connectivity index (χ1n) is 8.76. The Morgan fingerprint density at radius 1 is 1.07 bits per heavy atom. The largest absolute Gasteiger partial charge is 0.454 e. The van der Waals surface area contributed by atoms with Gasteiger partial charge in [0.2, 0.25) is 12.7 Å². The quantitative estimate of drug-likeness (QED) is 0.772. The van der Waals surface area contributed by atoms with Gasteiger partial charge in [0, 0.05) is 24.5 Å². The van der Waals surface area contributed by atoms with Gasteiger partial charge in [-0.1, -0.05) is 17.7 Å². The molecule has 4 rings (SSSR count). The van der Waals surface area contributed by atoms with Crippen molar-refractivity contribution in [1.82, 2.24) is 9.88 Å². The van der Waals surface area contributed by atoms with Gasteiger partial charge in [-0.3, -0.25) is 9.59 Å². The summed E-state index contributed by atoms with van der Waals surface area (Å²) in [6.07, 6.45) is 0. The van der Waals surface area contributed by atoms with Crippen molar-refractivity contribution >= 4 is 16.8 Å². The van der Waals surface area contributed by atoms with E-state index in [0.29, 0.717) is 23.6 Å². The maximum absolute atomic E-state index is 12.5. The number of amides is 1. The van der Waals surface area contributed by atoms with Gasteiger partial charge in [-0.25, -0.2) is 0 Å². The predicted octanol–water partition coefficient (Wildman–Crippen LogP) is 3.11. The first-order chi connectivity index (χ1) is 13.0. The molecule has 0 bridgehead atoms. The number of H-pyrrole nitrogens is 1. The fraction of sp³-hybridized carbons (Fsp3) is 0.238. The number of hydrogen-bond acceptors (Lipinski definition) is 4. The van der Waals surface area contributed by atoms with E-state index in [2.05, 4.69) is 4.98 Å². The van der Waals surface area contributed by atoms with Gasteiger partial charge in [-0.15, -0.1) is 0 Å². The van der Waals surface area contributed by atoms with Crippen LogP contribution in [0.5, 0.6) is 11.5 Å². The SMILES string of the molecule is CC(=O)N(Cc1ccc2c(c1)OCO2)Cc1cc2cc(C)ccc2[nH]c1=O. The highest BCUT2D eigenvalue weighted by molar-refractivity contribution is 5.80. The summed E-state index contributed by atoms with van der Waals surface area (Å²) in [6.45, 7) is 4.35. The molecule has 0 saturated heterocycles. The average Bonchev–Trinajstić information content (AvgIpc) is 3.09. The highest BCUT2D eigenvalue weighted by atomic mass is 16.7. The Morgan fingerprint density at radius 2 is 1.89 bits per heavy atom. The zero-order chi connectivity index (χ0) is 19.0. The van der Waals surface area contributed by atoms with Gasteiger partial charge in [-0.05, 0) is 48.2 Å². The van der Waals surface area contributed by atoms with Crippen LogP contribution >= 0.6 is 0 Å². The van der Waals surface area contributed by atoms with Crippen LogP contribution in [0.15, 0.2) is 47.3 Å². The topological polar surface area (TPSA) is 71.6 Å². The number of ether oxygens (including phenoxy) is 2. The van der Waals surface area contributed by atoms with Crippen LogP contribution in [0.2, 0.25) is 0 Å². The van der Waals surface area contributed by atoms with Crippen LogP contribution in [0.25, 0.3) is 10.9 Å². The molecule has 27 heavy (non-hydrogen) atoms. The van der Waals surface area contributed by atoms with Gasteiger partial charge in [0.15, 0.2) is 11.5 Å². The Balaban J connectivity index is 1.62. The zero-order valence-electron chi connectivity index (χ0n) is 15.2. The normalized spacial score (nSPS) is 12.4. The van der Waals surface area contributed by atoms with Crippen LogP contribution in [-0.2, 0) is 17.9 Å². The highest BCUT2D eigenvalue weighted by Gasteiger charge is 2.17. The average molecular weight is 364 g/mol. The molecule has 0 radical (unpaired) electrons. The molecule has 6 nitrogen and oxygen atoms in total. The lowest BCUT2D eigenvalue weighted by molar-refractivity contribution is -0.130. The third-order valence-corrected chi connectivity index (χ3v) is 4.69. The van der Waals surface area contributed by atoms with Crippen molar-refractivity contribution in [2.75, 3.05) is 6.79 Å². The Bertz CT molecular complexity index is 1090. The number of hydrogen-bond donors (Lipinski definition) is 1. The maximum Gasteiger partial charge on any atom is 0.253 e. The Hall–Kier alpha value is -3.28. The van der Waals surface area contributed by atoms with Crippen LogP contribution in [0.3, 0.4) is 0 Å². The van der Waals surface area contributed by atoms with Crippen molar-refractivity contribution in [2.45, 2.75) is 26.9 Å². The van der Waals surface area contributed by atoms with Gasteiger partial charge in [-0.2, -0.15) is 0 Å². The summed E-state index contributed by atoms with van der Waals surface area (Å²) in [5, 5.41) is 0.955. The molecule has 1 aliphatic rings. The molecule has 0 spiro atoms. The molecular formula is C21H20N2O4. The van der Waals surface area contributed by atoms with Gasteiger partial charge in [0.25, 0.3) is 5.56 Å². The minimum absolute atomic E-state index is 0.101. The van der Waals surface area contributed by atoms with Crippen molar-refractivity contribution in [3.8, 4) is 11.5 Å². The predicted molar refractivity (Wildman–Crippen MR) is 102 cm³/mol. The summed E-state index contributed by atoms with van der Waals surface area (Å²) in [7, 11) is 0. The number of fused-ring (bicyclic) bond motifs is 2. The van der Waals surface area contributed by atoms with Crippen molar-refractivity contribution in [3.05, 3.63) is 69.5 Å². The summed E-state index contributed by atoms with van der Waals surface area (Å²) in [5.41, 5.74) is 3.21. The molecule has 138 valence electrons. The van der Waals surface area contributed by atoms with Crippen molar-refractivity contribution in [2.24, 2.45) is 0 Å². The van der Waals surface area contributed by atoms with E-state index in [-0.39, 0.29) is 24.8 Å². The molecule has 3 aromatic rings. The number of carbonyl (C=O) groups is 1. The van der Waals surface area contributed by atoms with Crippen LogP contribution < -0.4 is 15.0 Å². The van der Waals surface area contributed by atoms with E-state index in [1.54, 1.807) is 4.90 Å². The summed E-state index contributed by atoms with van der Waals surface area (Å²) < 4.78 is 10.7.